The predicted molar refractivity (Wildman–Crippen MR) is 147 cm³/mol. The number of carbonyl (C=O) groups is 2. The molecule has 5 rings (SSSR count). The maximum Gasteiger partial charge on any atom is 0.437 e. The van der Waals surface area contributed by atoms with Gasteiger partial charge in [-0.05, 0) is 44.5 Å². The van der Waals surface area contributed by atoms with Crippen LogP contribution in [0.2, 0.25) is 0 Å². The van der Waals surface area contributed by atoms with Crippen LogP contribution in [0, 0.1) is 0 Å². The molecule has 3 aromatic rings. The van der Waals surface area contributed by atoms with E-state index < -0.39 is 52.3 Å². The van der Waals surface area contributed by atoms with Gasteiger partial charge < -0.3 is 18.9 Å². The second-order valence-corrected chi connectivity index (χ2v) is 12.0. The average molecular weight is 607 g/mol. The minimum atomic E-state index is -4.87. The molecule has 1 fully saturated rings. The SMILES string of the molecule is COC(=O)C1CC2(CC(Cl)c3c(c(C(F)(F)F)nc4ccc(OCc5ccccc5)cc34)O2)CN1C(=O)OC(C)(C)C. The molecule has 1 aromatic heterocycles. The summed E-state index contributed by atoms with van der Waals surface area (Å²) >= 11 is 6.87. The number of rotatable bonds is 4. The number of ether oxygens (including phenoxy) is 4. The highest BCUT2D eigenvalue weighted by atomic mass is 35.5. The van der Waals surface area contributed by atoms with E-state index in [4.69, 9.17) is 30.5 Å². The van der Waals surface area contributed by atoms with E-state index in [1.807, 2.05) is 30.3 Å². The van der Waals surface area contributed by atoms with Gasteiger partial charge in [-0.25, -0.2) is 14.6 Å². The molecular formula is C30H30ClF3N2O6. The molecule has 0 saturated carbocycles. The van der Waals surface area contributed by atoms with E-state index in [-0.39, 0.29) is 37.1 Å². The number of fused-ring (bicyclic) bond motifs is 3. The number of methoxy groups -OCH3 is 1. The van der Waals surface area contributed by atoms with Crippen molar-refractivity contribution in [3.05, 3.63) is 65.4 Å². The second-order valence-electron chi connectivity index (χ2n) is 11.5. The number of hydrogen-bond donors (Lipinski definition) is 0. The highest BCUT2D eigenvalue weighted by Crippen LogP contribution is 2.54. The van der Waals surface area contributed by atoms with Crippen LogP contribution in [0.15, 0.2) is 48.5 Å². The minimum Gasteiger partial charge on any atom is -0.489 e. The van der Waals surface area contributed by atoms with E-state index in [9.17, 15) is 22.8 Å². The van der Waals surface area contributed by atoms with Gasteiger partial charge in [0.1, 0.15) is 29.6 Å². The Bertz CT molecular complexity index is 1510. The van der Waals surface area contributed by atoms with E-state index in [1.54, 1.807) is 32.9 Å². The lowest BCUT2D eigenvalue weighted by Crippen LogP contribution is -2.46. The van der Waals surface area contributed by atoms with Crippen LogP contribution < -0.4 is 9.47 Å². The Morgan fingerprint density at radius 1 is 1.12 bits per heavy atom. The molecule has 0 aliphatic carbocycles. The molecule has 1 spiro atoms. The van der Waals surface area contributed by atoms with Crippen molar-refractivity contribution in [1.29, 1.82) is 0 Å². The van der Waals surface area contributed by atoms with Crippen LogP contribution in [0.25, 0.3) is 10.9 Å². The largest absolute Gasteiger partial charge is 0.489 e. The van der Waals surface area contributed by atoms with Crippen LogP contribution in [0.5, 0.6) is 11.5 Å². The molecule has 3 heterocycles. The van der Waals surface area contributed by atoms with Gasteiger partial charge in [-0.1, -0.05) is 30.3 Å². The molecule has 1 saturated heterocycles. The number of esters is 1. The first kappa shape index (κ1) is 29.8. The number of amides is 1. The van der Waals surface area contributed by atoms with Gasteiger partial charge in [0.25, 0.3) is 0 Å². The molecule has 12 heteroatoms. The fourth-order valence-electron chi connectivity index (χ4n) is 5.40. The standard InChI is InChI=1S/C30H30ClF3N2O6/c1-28(2,3)42-27(38)36-16-29(14-22(36)26(37)39-4)13-20(31)23-19-12-18(40-15-17-8-6-5-7-9-17)10-11-21(19)35-25(24(23)41-29)30(32,33)34/h5-12,20,22H,13-16H2,1-4H3. The molecule has 2 aliphatic rings. The van der Waals surface area contributed by atoms with Crippen LogP contribution in [-0.4, -0.2) is 52.8 Å². The molecule has 2 aromatic carbocycles. The van der Waals surface area contributed by atoms with Gasteiger partial charge in [0.15, 0.2) is 11.4 Å². The molecule has 1 amide bonds. The predicted octanol–water partition coefficient (Wildman–Crippen LogP) is 6.82. The molecule has 0 bridgehead atoms. The minimum absolute atomic E-state index is 0.0137. The summed E-state index contributed by atoms with van der Waals surface area (Å²) in [7, 11) is 1.16. The Morgan fingerprint density at radius 3 is 2.48 bits per heavy atom. The third-order valence-corrected chi connectivity index (χ3v) is 7.52. The van der Waals surface area contributed by atoms with E-state index in [0.29, 0.717) is 11.1 Å². The summed E-state index contributed by atoms with van der Waals surface area (Å²) in [6.07, 6.45) is -5.82. The first-order chi connectivity index (χ1) is 19.7. The summed E-state index contributed by atoms with van der Waals surface area (Å²) in [5, 5.41) is -0.619. The number of likely N-dealkylation sites (tertiary alicyclic amines) is 1. The van der Waals surface area contributed by atoms with Gasteiger partial charge in [-0.3, -0.25) is 4.90 Å². The van der Waals surface area contributed by atoms with E-state index in [1.165, 1.54) is 6.07 Å². The van der Waals surface area contributed by atoms with Crippen molar-refractivity contribution in [2.45, 2.75) is 69.0 Å². The number of halogens is 4. The van der Waals surface area contributed by atoms with Crippen LogP contribution in [-0.2, 0) is 27.1 Å². The number of pyridine rings is 1. The summed E-state index contributed by atoms with van der Waals surface area (Å²) in [5.41, 5.74) is -2.43. The van der Waals surface area contributed by atoms with Gasteiger partial charge in [-0.2, -0.15) is 13.2 Å². The van der Waals surface area contributed by atoms with Crippen LogP contribution in [0.3, 0.4) is 0 Å². The van der Waals surface area contributed by atoms with Crippen molar-refractivity contribution in [2.75, 3.05) is 13.7 Å². The molecule has 42 heavy (non-hydrogen) atoms. The normalized spacial score (nSPS) is 22.0. The van der Waals surface area contributed by atoms with Gasteiger partial charge in [-0.15, -0.1) is 11.6 Å². The number of carbonyl (C=O) groups excluding carboxylic acids is 2. The van der Waals surface area contributed by atoms with Crippen molar-refractivity contribution < 1.29 is 41.7 Å². The highest BCUT2D eigenvalue weighted by Gasteiger charge is 2.56. The molecular weight excluding hydrogens is 577 g/mol. The summed E-state index contributed by atoms with van der Waals surface area (Å²) in [4.78, 5) is 30.8. The maximum absolute atomic E-state index is 14.4. The Labute approximate surface area is 245 Å². The van der Waals surface area contributed by atoms with E-state index >= 15 is 0 Å². The lowest BCUT2D eigenvalue weighted by molar-refractivity contribution is -0.146. The molecule has 3 atom stereocenters. The second kappa shape index (κ2) is 10.8. The Morgan fingerprint density at radius 2 is 1.83 bits per heavy atom. The zero-order valence-corrected chi connectivity index (χ0v) is 24.2. The third-order valence-electron chi connectivity index (χ3n) is 7.15. The van der Waals surface area contributed by atoms with E-state index in [2.05, 4.69) is 4.98 Å². The molecule has 2 aliphatic heterocycles. The van der Waals surface area contributed by atoms with Crippen molar-refractivity contribution in [2.24, 2.45) is 0 Å². The summed E-state index contributed by atoms with van der Waals surface area (Å²) < 4.78 is 65.5. The topological polar surface area (TPSA) is 87.2 Å². The van der Waals surface area contributed by atoms with Crippen LogP contribution >= 0.6 is 11.6 Å². The van der Waals surface area contributed by atoms with Gasteiger partial charge >= 0.3 is 18.2 Å². The number of alkyl halides is 4. The van der Waals surface area contributed by atoms with Crippen molar-refractivity contribution in [3.8, 4) is 11.5 Å². The third kappa shape index (κ3) is 5.92. The number of aromatic nitrogens is 1. The first-order valence-corrected chi connectivity index (χ1v) is 13.8. The summed E-state index contributed by atoms with van der Waals surface area (Å²) in [6.45, 7) is 5.00. The zero-order chi connectivity index (χ0) is 30.4. The van der Waals surface area contributed by atoms with Crippen LogP contribution in [0.1, 0.15) is 55.8 Å². The van der Waals surface area contributed by atoms with E-state index in [0.717, 1.165) is 17.6 Å². The molecule has 224 valence electrons. The van der Waals surface area contributed by atoms with Crippen molar-refractivity contribution in [3.63, 3.8) is 0 Å². The lowest BCUT2D eigenvalue weighted by Gasteiger charge is -2.39. The van der Waals surface area contributed by atoms with Crippen molar-refractivity contribution in [1.82, 2.24) is 9.88 Å². The lowest BCUT2D eigenvalue weighted by atomic mass is 9.86. The fourth-order valence-corrected chi connectivity index (χ4v) is 5.90. The Hall–Kier alpha value is -3.73. The van der Waals surface area contributed by atoms with Gasteiger partial charge in [0.2, 0.25) is 0 Å². The number of benzene rings is 2. The molecule has 3 unspecified atom stereocenters. The Kier molecular flexibility index (Phi) is 7.67. The highest BCUT2D eigenvalue weighted by molar-refractivity contribution is 6.22. The smallest absolute Gasteiger partial charge is 0.437 e. The van der Waals surface area contributed by atoms with Gasteiger partial charge in [0, 0.05) is 23.8 Å². The zero-order valence-electron chi connectivity index (χ0n) is 23.5. The molecule has 8 nitrogen and oxygen atoms in total. The Balaban J connectivity index is 1.55. The molecule has 0 N–H and O–H groups in total. The average Bonchev–Trinajstić information content (AvgIpc) is 3.28. The first-order valence-electron chi connectivity index (χ1n) is 13.3. The number of hydrogen-bond acceptors (Lipinski definition) is 7. The maximum atomic E-state index is 14.4. The monoisotopic (exact) mass is 606 g/mol. The molecule has 0 radical (unpaired) electrons. The van der Waals surface area contributed by atoms with Crippen LogP contribution in [0.4, 0.5) is 18.0 Å². The summed E-state index contributed by atoms with van der Waals surface area (Å²) in [6, 6.07) is 12.9. The quantitative estimate of drug-likeness (QED) is 0.238. The number of nitrogens with zero attached hydrogens (tertiary/aromatic N) is 2. The fraction of sp³-hybridized carbons (Fsp3) is 0.433. The summed E-state index contributed by atoms with van der Waals surface area (Å²) in [5.74, 6) is -0.857. The van der Waals surface area contributed by atoms with Crippen molar-refractivity contribution >= 4 is 34.6 Å². The van der Waals surface area contributed by atoms with Gasteiger partial charge in [0.05, 0.1) is 24.5 Å².